The molecule has 0 unspecified atom stereocenters. The topological polar surface area (TPSA) is 93.4 Å². The fourth-order valence-electron chi connectivity index (χ4n) is 1.76. The summed E-state index contributed by atoms with van der Waals surface area (Å²) in [7, 11) is -2.13. The molecule has 0 radical (unpaired) electrons. The van der Waals surface area contributed by atoms with Crippen LogP contribution >= 0.6 is 12.2 Å². The number of thiocarbonyl (C=S) groups is 1. The molecule has 8 heteroatoms. The van der Waals surface area contributed by atoms with Crippen LogP contribution < -0.4 is 20.5 Å². The fourth-order valence-corrected chi connectivity index (χ4v) is 2.50. The quantitative estimate of drug-likeness (QED) is 0.740. The second-order valence-electron chi connectivity index (χ2n) is 4.35. The van der Waals surface area contributed by atoms with E-state index in [-0.39, 0.29) is 4.90 Å². The molecule has 6 nitrogen and oxygen atoms in total. The highest BCUT2D eigenvalue weighted by molar-refractivity contribution is 7.89. The van der Waals surface area contributed by atoms with Gasteiger partial charge in [-0.2, -0.15) is 0 Å². The van der Waals surface area contributed by atoms with Gasteiger partial charge in [0.2, 0.25) is 10.0 Å². The molecule has 0 spiro atoms. The van der Waals surface area contributed by atoms with Crippen molar-refractivity contribution in [3.8, 4) is 5.75 Å². The van der Waals surface area contributed by atoms with Crippen molar-refractivity contribution in [3.63, 3.8) is 0 Å². The molecule has 2 rings (SSSR count). The van der Waals surface area contributed by atoms with Crippen LogP contribution in [-0.2, 0) is 10.0 Å². The van der Waals surface area contributed by atoms with Gasteiger partial charge in [0, 0.05) is 5.69 Å². The smallest absolute Gasteiger partial charge is 0.238 e. The van der Waals surface area contributed by atoms with Crippen LogP contribution in [0.3, 0.4) is 0 Å². The average molecular weight is 337 g/mol. The summed E-state index contributed by atoms with van der Waals surface area (Å²) in [5.74, 6) is 0.663. The van der Waals surface area contributed by atoms with Gasteiger partial charge in [0.05, 0.1) is 17.7 Å². The van der Waals surface area contributed by atoms with Crippen molar-refractivity contribution in [2.45, 2.75) is 4.90 Å². The lowest BCUT2D eigenvalue weighted by Gasteiger charge is -2.13. The molecule has 0 fully saturated rings. The number of hydrogen-bond donors (Lipinski definition) is 3. The van der Waals surface area contributed by atoms with Gasteiger partial charge in [0.1, 0.15) is 5.75 Å². The van der Waals surface area contributed by atoms with Gasteiger partial charge in [-0.05, 0) is 48.6 Å². The number of nitrogens with two attached hydrogens (primary N) is 1. The van der Waals surface area contributed by atoms with E-state index in [4.69, 9.17) is 22.1 Å². The van der Waals surface area contributed by atoms with E-state index in [1.165, 1.54) is 12.1 Å². The van der Waals surface area contributed by atoms with Crippen molar-refractivity contribution in [3.05, 3.63) is 48.5 Å². The lowest BCUT2D eigenvalue weighted by molar-refractivity contribution is 0.417. The van der Waals surface area contributed by atoms with Crippen LogP contribution in [0.4, 0.5) is 11.4 Å². The number of methoxy groups -OCH3 is 1. The summed E-state index contributed by atoms with van der Waals surface area (Å²) in [5.41, 5.74) is 1.36. The largest absolute Gasteiger partial charge is 0.495 e. The van der Waals surface area contributed by atoms with Crippen molar-refractivity contribution in [1.29, 1.82) is 0 Å². The van der Waals surface area contributed by atoms with Gasteiger partial charge in [-0.15, -0.1) is 0 Å². The van der Waals surface area contributed by atoms with E-state index < -0.39 is 10.0 Å². The fraction of sp³-hybridized carbons (Fsp3) is 0.0714. The van der Waals surface area contributed by atoms with Crippen LogP contribution in [-0.4, -0.2) is 20.6 Å². The molecule has 0 aliphatic heterocycles. The van der Waals surface area contributed by atoms with Crippen molar-refractivity contribution in [2.24, 2.45) is 5.14 Å². The van der Waals surface area contributed by atoms with E-state index in [0.717, 1.165) is 5.69 Å². The third-order valence-electron chi connectivity index (χ3n) is 2.80. The van der Waals surface area contributed by atoms with Crippen molar-refractivity contribution in [1.82, 2.24) is 0 Å². The summed E-state index contributed by atoms with van der Waals surface area (Å²) in [5, 5.41) is 11.4. The second kappa shape index (κ2) is 6.73. The first-order valence-corrected chi connectivity index (χ1v) is 8.19. The van der Waals surface area contributed by atoms with Crippen LogP contribution in [0.2, 0.25) is 0 Å². The summed E-state index contributed by atoms with van der Waals surface area (Å²) in [6.45, 7) is 0. The maximum absolute atomic E-state index is 11.2. The van der Waals surface area contributed by atoms with Crippen LogP contribution in [0, 0.1) is 0 Å². The monoisotopic (exact) mass is 337 g/mol. The molecule has 2 aromatic carbocycles. The maximum Gasteiger partial charge on any atom is 0.238 e. The van der Waals surface area contributed by atoms with Gasteiger partial charge < -0.3 is 15.4 Å². The summed E-state index contributed by atoms with van der Waals surface area (Å²) >= 11 is 5.21. The third kappa shape index (κ3) is 4.17. The summed E-state index contributed by atoms with van der Waals surface area (Å²) < 4.78 is 27.6. The molecule has 0 heterocycles. The van der Waals surface area contributed by atoms with Crippen LogP contribution in [0.1, 0.15) is 0 Å². The summed E-state index contributed by atoms with van der Waals surface area (Å²) in [4.78, 5) is 0.0432. The highest BCUT2D eigenvalue weighted by Crippen LogP contribution is 2.23. The Hall–Kier alpha value is -2.16. The predicted octanol–water partition coefficient (Wildman–Crippen LogP) is 2.15. The number of hydrogen-bond acceptors (Lipinski definition) is 4. The molecule has 2 aromatic rings. The Morgan fingerprint density at radius 1 is 1.09 bits per heavy atom. The van der Waals surface area contributed by atoms with E-state index in [2.05, 4.69) is 10.6 Å². The van der Waals surface area contributed by atoms with Gasteiger partial charge in [-0.1, -0.05) is 12.1 Å². The Labute approximate surface area is 134 Å². The molecule has 0 saturated carbocycles. The number of nitrogens with one attached hydrogen (secondary N) is 2. The van der Waals surface area contributed by atoms with E-state index in [9.17, 15) is 8.42 Å². The van der Waals surface area contributed by atoms with E-state index in [0.29, 0.717) is 16.5 Å². The normalized spacial score (nSPS) is 10.8. The van der Waals surface area contributed by atoms with Crippen molar-refractivity contribution in [2.75, 3.05) is 17.7 Å². The van der Waals surface area contributed by atoms with Gasteiger partial charge in [-0.3, -0.25) is 0 Å². The Kier molecular flexibility index (Phi) is 4.96. The molecule has 0 atom stereocenters. The number of anilines is 2. The molecular formula is C14H15N3O3S2. The first-order valence-electron chi connectivity index (χ1n) is 6.24. The zero-order valence-corrected chi connectivity index (χ0v) is 13.4. The molecular weight excluding hydrogens is 322 g/mol. The lowest BCUT2D eigenvalue weighted by Crippen LogP contribution is -2.19. The predicted molar refractivity (Wildman–Crippen MR) is 90.7 cm³/mol. The van der Waals surface area contributed by atoms with E-state index >= 15 is 0 Å². The van der Waals surface area contributed by atoms with Gasteiger partial charge in [0.15, 0.2) is 5.11 Å². The Morgan fingerprint density at radius 2 is 1.73 bits per heavy atom. The molecule has 0 aromatic heterocycles. The highest BCUT2D eigenvalue weighted by Gasteiger charge is 2.08. The molecule has 0 aliphatic carbocycles. The Morgan fingerprint density at radius 3 is 2.32 bits per heavy atom. The molecule has 116 valence electrons. The average Bonchev–Trinajstić information content (AvgIpc) is 2.47. The molecule has 0 aliphatic rings. The van der Waals surface area contributed by atoms with E-state index in [1.54, 1.807) is 19.2 Å². The number of sulfonamides is 1. The molecule has 0 bridgehead atoms. The molecule has 4 N–H and O–H groups in total. The van der Waals surface area contributed by atoms with Crippen molar-refractivity contribution < 1.29 is 13.2 Å². The summed E-state index contributed by atoms with van der Waals surface area (Å²) in [6, 6.07) is 13.3. The molecule has 0 saturated heterocycles. The summed E-state index contributed by atoms with van der Waals surface area (Å²) in [6.07, 6.45) is 0. The standard InChI is InChI=1S/C14H15N3O3S2/c1-20-13-5-3-2-4-12(13)17-14(21)16-10-6-8-11(9-7-10)22(15,18)19/h2-9H,1H3,(H2,15,18,19)(H2,16,17,21). The van der Waals surface area contributed by atoms with Gasteiger partial charge >= 0.3 is 0 Å². The molecule has 22 heavy (non-hydrogen) atoms. The Balaban J connectivity index is 2.06. The van der Waals surface area contributed by atoms with E-state index in [1.807, 2.05) is 24.3 Å². The number of para-hydroxylation sites is 2. The zero-order valence-electron chi connectivity index (χ0n) is 11.7. The second-order valence-corrected chi connectivity index (χ2v) is 6.32. The minimum absolute atomic E-state index is 0.0432. The van der Waals surface area contributed by atoms with Gasteiger partial charge in [-0.25, -0.2) is 13.6 Å². The van der Waals surface area contributed by atoms with Crippen LogP contribution in [0.5, 0.6) is 5.75 Å². The SMILES string of the molecule is COc1ccccc1NC(=S)Nc1ccc(S(N)(=O)=O)cc1. The van der Waals surface area contributed by atoms with Crippen LogP contribution in [0.25, 0.3) is 0 Å². The zero-order chi connectivity index (χ0) is 16.2. The first-order chi connectivity index (χ1) is 10.4. The maximum atomic E-state index is 11.2. The minimum Gasteiger partial charge on any atom is -0.495 e. The number of rotatable bonds is 4. The number of primary sulfonamides is 1. The molecule has 0 amide bonds. The van der Waals surface area contributed by atoms with Crippen molar-refractivity contribution >= 4 is 38.7 Å². The highest BCUT2D eigenvalue weighted by atomic mass is 32.2. The third-order valence-corrected chi connectivity index (χ3v) is 3.93. The number of benzene rings is 2. The number of ether oxygens (including phenoxy) is 1. The first kappa shape index (κ1) is 16.2. The van der Waals surface area contributed by atoms with Crippen LogP contribution in [0.15, 0.2) is 53.4 Å². The minimum atomic E-state index is -3.70. The van der Waals surface area contributed by atoms with Gasteiger partial charge in [0.25, 0.3) is 0 Å². The lowest BCUT2D eigenvalue weighted by atomic mass is 10.3. The Bertz CT molecular complexity index is 774.